The summed E-state index contributed by atoms with van der Waals surface area (Å²) < 4.78 is -2.43. The maximum atomic E-state index is 2.82. The summed E-state index contributed by atoms with van der Waals surface area (Å²) in [5.74, 6) is 0. The Balaban J connectivity index is 5.30. The maximum Gasteiger partial charge on any atom is 0.210 e. The molecule has 0 spiro atoms. The molecular formula is C8H18I4Si2. The molecule has 0 aliphatic rings. The molecule has 0 saturated carbocycles. The van der Waals surface area contributed by atoms with Crippen LogP contribution in [0.1, 0.15) is 41.5 Å². The van der Waals surface area contributed by atoms with Gasteiger partial charge < -0.3 is 0 Å². The molecule has 0 aromatic rings. The molecule has 6 heteroatoms. The van der Waals surface area contributed by atoms with E-state index in [0.717, 1.165) is 0 Å². The van der Waals surface area contributed by atoms with Crippen LogP contribution < -0.4 is 0 Å². The van der Waals surface area contributed by atoms with Crippen LogP contribution in [0.15, 0.2) is 0 Å². The zero-order valence-electron chi connectivity index (χ0n) is 9.51. The average Bonchev–Trinajstić information content (AvgIpc) is 1.81. The lowest BCUT2D eigenvalue weighted by Crippen LogP contribution is -2.56. The molecule has 0 aliphatic carbocycles. The molecule has 0 N–H and O–H groups in total. The highest BCUT2D eigenvalue weighted by atomic mass is 127. The first kappa shape index (κ1) is 17.4. The number of hydrogen-bond acceptors (Lipinski definition) is 0. The molecule has 86 valence electrons. The smallest absolute Gasteiger partial charge is 0.106 e. The molecule has 0 aliphatic heterocycles. The molecule has 0 unspecified atom stereocenters. The van der Waals surface area contributed by atoms with Gasteiger partial charge in [-0.1, -0.05) is 41.5 Å². The van der Waals surface area contributed by atoms with Gasteiger partial charge in [-0.2, -0.15) is 0 Å². The van der Waals surface area contributed by atoms with Crippen LogP contribution in [0.25, 0.3) is 0 Å². The van der Waals surface area contributed by atoms with E-state index in [4.69, 9.17) is 0 Å². The van der Waals surface area contributed by atoms with E-state index in [9.17, 15) is 0 Å². The van der Waals surface area contributed by atoms with Crippen molar-refractivity contribution in [2.75, 3.05) is 0 Å². The van der Waals surface area contributed by atoms with Gasteiger partial charge in [-0.3, -0.25) is 0 Å². The van der Waals surface area contributed by atoms with E-state index in [1.165, 1.54) is 0 Å². The molecule has 0 aromatic heterocycles. The van der Waals surface area contributed by atoms with Gasteiger partial charge in [-0.05, 0) is 10.1 Å². The van der Waals surface area contributed by atoms with Crippen LogP contribution in [-0.2, 0) is 0 Å². The van der Waals surface area contributed by atoms with Crippen molar-refractivity contribution >= 4 is 92.4 Å². The molecule has 0 rings (SSSR count). The fourth-order valence-electron chi connectivity index (χ4n) is 0.942. The van der Waals surface area contributed by atoms with Crippen molar-refractivity contribution in [3.63, 3.8) is 0 Å². The van der Waals surface area contributed by atoms with Crippen molar-refractivity contribution in [2.45, 2.75) is 51.6 Å². The van der Waals surface area contributed by atoms with Crippen molar-refractivity contribution in [1.29, 1.82) is 0 Å². The summed E-state index contributed by atoms with van der Waals surface area (Å²) in [5, 5.41) is 0.992. The lowest BCUT2D eigenvalue weighted by molar-refractivity contribution is 0.737. The quantitative estimate of drug-likeness (QED) is 0.174. The van der Waals surface area contributed by atoms with Crippen LogP contribution in [0.2, 0.25) is 10.1 Å². The van der Waals surface area contributed by atoms with E-state index in [-0.39, 0.29) is 0 Å². The minimum Gasteiger partial charge on any atom is -0.106 e. The minimum atomic E-state index is -1.22. The monoisotopic (exact) mass is 678 g/mol. The Bertz CT molecular complexity index is 188. The van der Waals surface area contributed by atoms with Crippen LogP contribution in [0.5, 0.6) is 0 Å². The molecule has 0 fully saturated rings. The summed E-state index contributed by atoms with van der Waals surface area (Å²) in [6.07, 6.45) is 0. The maximum absolute atomic E-state index is 2.82. The average molecular weight is 678 g/mol. The Kier molecular flexibility index (Phi) is 6.39. The third kappa shape index (κ3) is 3.43. The van der Waals surface area contributed by atoms with Crippen molar-refractivity contribution in [2.24, 2.45) is 0 Å². The predicted molar refractivity (Wildman–Crippen MR) is 107 cm³/mol. The van der Waals surface area contributed by atoms with Gasteiger partial charge in [0.25, 0.3) is 0 Å². The standard InChI is InChI=1S/C8H18I4Si2/c1-7(2,3)13(9,10)14(11,12)8(4,5)6/h1-6H3. The van der Waals surface area contributed by atoms with E-state index in [1.807, 2.05) is 0 Å². The number of halogens is 4. The molecule has 14 heavy (non-hydrogen) atoms. The van der Waals surface area contributed by atoms with Crippen molar-refractivity contribution in [3.8, 4) is 0 Å². The highest BCUT2D eigenvalue weighted by Crippen LogP contribution is 2.62. The third-order valence-corrected chi connectivity index (χ3v) is 99.4. The third-order valence-electron chi connectivity index (χ3n) is 2.28. The van der Waals surface area contributed by atoms with Gasteiger partial charge in [0.15, 0.2) is 0 Å². The van der Waals surface area contributed by atoms with Gasteiger partial charge in [0.05, 0.1) is 0 Å². The fourth-order valence-corrected chi connectivity index (χ4v) is 37.6. The SMILES string of the molecule is CC(C)(C)[Si](I)(I)[Si](I)(I)C(C)(C)C. The summed E-state index contributed by atoms with van der Waals surface area (Å²) in [7, 11) is 0. The van der Waals surface area contributed by atoms with Gasteiger partial charge in [0.1, 0.15) is 0 Å². The Morgan fingerprint density at radius 3 is 0.786 bits per heavy atom. The Hall–Kier alpha value is 3.35. The second kappa shape index (κ2) is 5.15. The minimum absolute atomic E-state index is 0.496. The van der Waals surface area contributed by atoms with Crippen molar-refractivity contribution < 1.29 is 0 Å². The van der Waals surface area contributed by atoms with Crippen molar-refractivity contribution in [3.05, 3.63) is 0 Å². The van der Waals surface area contributed by atoms with E-state index < -0.39 is 5.17 Å². The highest BCUT2D eigenvalue weighted by Gasteiger charge is 2.62. The summed E-state index contributed by atoms with van der Waals surface area (Å²) >= 11 is 11.3. The highest BCUT2D eigenvalue weighted by molar-refractivity contribution is 14.3. The summed E-state index contributed by atoms with van der Waals surface area (Å²) in [6, 6.07) is 0. The van der Waals surface area contributed by atoms with E-state index in [0.29, 0.717) is 10.1 Å². The first-order valence-corrected chi connectivity index (χ1v) is 22.0. The second-order valence-electron chi connectivity index (χ2n) is 5.65. The summed E-state index contributed by atoms with van der Waals surface area (Å²) in [5.41, 5.74) is 0. The molecule has 0 atom stereocenters. The largest absolute Gasteiger partial charge is 0.210 e. The lowest BCUT2D eigenvalue weighted by atomic mass is 10.2. The Morgan fingerprint density at radius 1 is 0.571 bits per heavy atom. The molecule has 0 bridgehead atoms. The van der Waals surface area contributed by atoms with Gasteiger partial charge in [-0.25, -0.2) is 0 Å². The molecule has 0 amide bonds. The first-order chi connectivity index (χ1) is 5.75. The second-order valence-corrected chi connectivity index (χ2v) is 59.5. The van der Waals surface area contributed by atoms with Gasteiger partial charge in [0.2, 0.25) is 5.17 Å². The van der Waals surface area contributed by atoms with Crippen LogP contribution >= 0.6 is 87.2 Å². The van der Waals surface area contributed by atoms with Gasteiger partial charge in [0, 0.05) is 0 Å². The Labute approximate surface area is 141 Å². The first-order valence-electron chi connectivity index (χ1n) is 4.51. The van der Waals surface area contributed by atoms with E-state index >= 15 is 0 Å². The number of hydrogen-bond donors (Lipinski definition) is 0. The normalized spacial score (nSPS) is 15.9. The topological polar surface area (TPSA) is 0 Å². The van der Waals surface area contributed by atoms with Crippen LogP contribution in [0.4, 0.5) is 0 Å². The van der Waals surface area contributed by atoms with Crippen LogP contribution in [-0.4, -0.2) is 5.17 Å². The molecule has 0 aromatic carbocycles. The van der Waals surface area contributed by atoms with Crippen molar-refractivity contribution in [1.82, 2.24) is 0 Å². The zero-order chi connectivity index (χ0) is 12.0. The molecule has 0 nitrogen and oxygen atoms in total. The summed E-state index contributed by atoms with van der Waals surface area (Å²) in [6.45, 7) is 14.5. The molecule has 0 saturated heterocycles. The van der Waals surface area contributed by atoms with Gasteiger partial charge >= 0.3 is 0 Å². The predicted octanol–water partition coefficient (Wildman–Crippen LogP) is 6.29. The zero-order valence-corrected chi connectivity index (χ0v) is 20.1. The summed E-state index contributed by atoms with van der Waals surface area (Å²) in [4.78, 5) is 0. The fraction of sp³-hybridized carbons (Fsp3) is 1.00. The van der Waals surface area contributed by atoms with E-state index in [2.05, 4.69) is 129 Å². The number of rotatable bonds is 1. The van der Waals surface area contributed by atoms with Crippen LogP contribution in [0, 0.1) is 0 Å². The van der Waals surface area contributed by atoms with Crippen LogP contribution in [0.3, 0.4) is 0 Å². The van der Waals surface area contributed by atoms with Gasteiger partial charge in [-0.15, -0.1) is 87.2 Å². The lowest BCUT2D eigenvalue weighted by Gasteiger charge is -2.47. The molecule has 0 radical (unpaired) electrons. The molecular weight excluding hydrogens is 660 g/mol. The molecule has 0 heterocycles. The van der Waals surface area contributed by atoms with E-state index in [1.54, 1.807) is 0 Å². The Morgan fingerprint density at radius 2 is 0.714 bits per heavy atom.